The molecule has 2 heterocycles. The van der Waals surface area contributed by atoms with E-state index >= 15 is 0 Å². The fraction of sp³-hybridized carbons (Fsp3) is 0.167. The minimum absolute atomic E-state index is 0.259. The Labute approximate surface area is 156 Å². The fourth-order valence-electron chi connectivity index (χ4n) is 2.38. The molecular formula is C18H15BrN2O3S. The van der Waals surface area contributed by atoms with Gasteiger partial charge >= 0.3 is 5.97 Å². The van der Waals surface area contributed by atoms with E-state index in [2.05, 4.69) is 25.9 Å². The Morgan fingerprint density at radius 2 is 2.04 bits per heavy atom. The van der Waals surface area contributed by atoms with Crippen LogP contribution in [-0.2, 0) is 4.74 Å². The standard InChI is InChI=1S/C18H15BrN2O3S/c1-3-24-18(23)15-10(2)14-16(22)20-13(21-17(14)25-15)9-6-11-4-7-12(19)8-5-11/h4-9H,3H2,1-2H3,(H,20,21,22). The second kappa shape index (κ2) is 7.33. The monoisotopic (exact) mass is 418 g/mol. The maximum atomic E-state index is 12.4. The largest absolute Gasteiger partial charge is 0.462 e. The summed E-state index contributed by atoms with van der Waals surface area (Å²) >= 11 is 4.57. The van der Waals surface area contributed by atoms with E-state index in [-0.39, 0.29) is 12.2 Å². The van der Waals surface area contributed by atoms with Gasteiger partial charge in [-0.25, -0.2) is 9.78 Å². The molecule has 5 nitrogen and oxygen atoms in total. The van der Waals surface area contributed by atoms with Crippen molar-refractivity contribution in [2.24, 2.45) is 0 Å². The number of hydrogen-bond donors (Lipinski definition) is 1. The number of esters is 1. The third-order valence-corrected chi connectivity index (χ3v) is 5.28. The highest BCUT2D eigenvalue weighted by molar-refractivity contribution is 9.10. The highest BCUT2D eigenvalue weighted by Crippen LogP contribution is 2.27. The summed E-state index contributed by atoms with van der Waals surface area (Å²) < 4.78 is 6.04. The zero-order valence-corrected chi connectivity index (χ0v) is 16.0. The van der Waals surface area contributed by atoms with Crippen molar-refractivity contribution in [3.63, 3.8) is 0 Å². The second-order valence-electron chi connectivity index (χ2n) is 5.29. The Morgan fingerprint density at radius 3 is 2.72 bits per heavy atom. The zero-order chi connectivity index (χ0) is 18.0. The molecular weight excluding hydrogens is 404 g/mol. The number of nitrogens with zero attached hydrogens (tertiary/aromatic N) is 1. The van der Waals surface area contributed by atoms with Crippen LogP contribution in [0.4, 0.5) is 0 Å². The number of rotatable bonds is 4. The Balaban J connectivity index is 2.00. The first-order valence-electron chi connectivity index (χ1n) is 7.63. The minimum atomic E-state index is -0.422. The van der Waals surface area contributed by atoms with Gasteiger partial charge in [-0.1, -0.05) is 34.1 Å². The molecule has 0 saturated heterocycles. The summed E-state index contributed by atoms with van der Waals surface area (Å²) in [6.07, 6.45) is 3.60. The summed E-state index contributed by atoms with van der Waals surface area (Å²) in [5.74, 6) is 0.0198. The molecule has 0 amide bonds. The van der Waals surface area contributed by atoms with Crippen LogP contribution in [-0.4, -0.2) is 22.5 Å². The van der Waals surface area contributed by atoms with Gasteiger partial charge in [0.25, 0.3) is 5.56 Å². The number of carbonyl (C=O) groups is 1. The first kappa shape index (κ1) is 17.6. The van der Waals surface area contributed by atoms with Crippen molar-refractivity contribution in [1.29, 1.82) is 0 Å². The number of thiophene rings is 1. The second-order valence-corrected chi connectivity index (χ2v) is 7.21. The van der Waals surface area contributed by atoms with Crippen LogP contribution in [0.15, 0.2) is 33.5 Å². The predicted molar refractivity (Wildman–Crippen MR) is 104 cm³/mol. The summed E-state index contributed by atoms with van der Waals surface area (Å²) in [6.45, 7) is 3.77. The molecule has 25 heavy (non-hydrogen) atoms. The third-order valence-electron chi connectivity index (χ3n) is 3.58. The predicted octanol–water partition coefficient (Wildman–Crippen LogP) is 4.40. The Morgan fingerprint density at radius 1 is 1.32 bits per heavy atom. The number of benzene rings is 1. The van der Waals surface area contributed by atoms with Gasteiger partial charge in [0.1, 0.15) is 15.5 Å². The lowest BCUT2D eigenvalue weighted by Crippen LogP contribution is -2.10. The molecule has 0 aliphatic carbocycles. The molecule has 3 aromatic rings. The molecule has 128 valence electrons. The van der Waals surface area contributed by atoms with Crippen molar-refractivity contribution in [3.8, 4) is 0 Å². The number of fused-ring (bicyclic) bond motifs is 1. The molecule has 2 aromatic heterocycles. The SMILES string of the molecule is CCOC(=O)c1sc2nc(C=Cc3ccc(Br)cc3)[nH]c(=O)c2c1C. The van der Waals surface area contributed by atoms with Gasteiger partial charge in [-0.2, -0.15) is 0 Å². The maximum absolute atomic E-state index is 12.4. The smallest absolute Gasteiger partial charge is 0.348 e. The van der Waals surface area contributed by atoms with Gasteiger partial charge in [-0.05, 0) is 43.2 Å². The number of nitrogens with one attached hydrogen (secondary N) is 1. The van der Waals surface area contributed by atoms with Crippen LogP contribution in [0.2, 0.25) is 0 Å². The number of H-pyrrole nitrogens is 1. The summed E-state index contributed by atoms with van der Waals surface area (Å²) in [6, 6.07) is 7.78. The molecule has 0 radical (unpaired) electrons. The molecule has 0 aliphatic heterocycles. The molecule has 0 unspecified atom stereocenters. The summed E-state index contributed by atoms with van der Waals surface area (Å²) in [5.41, 5.74) is 1.33. The zero-order valence-electron chi connectivity index (χ0n) is 13.6. The molecule has 1 aromatic carbocycles. The van der Waals surface area contributed by atoms with Crippen molar-refractivity contribution < 1.29 is 9.53 Å². The lowest BCUT2D eigenvalue weighted by Gasteiger charge is -1.98. The van der Waals surface area contributed by atoms with Crippen molar-refractivity contribution in [2.45, 2.75) is 13.8 Å². The molecule has 0 bridgehead atoms. The maximum Gasteiger partial charge on any atom is 0.348 e. The average Bonchev–Trinajstić information content (AvgIpc) is 2.92. The molecule has 0 atom stereocenters. The lowest BCUT2D eigenvalue weighted by molar-refractivity contribution is 0.0531. The van der Waals surface area contributed by atoms with Gasteiger partial charge in [0.15, 0.2) is 0 Å². The molecule has 1 N–H and O–H groups in total. The quantitative estimate of drug-likeness (QED) is 0.637. The van der Waals surface area contributed by atoms with Crippen molar-refractivity contribution >= 4 is 55.6 Å². The Bertz CT molecular complexity index is 1020. The molecule has 0 saturated carbocycles. The number of aromatic nitrogens is 2. The number of aryl methyl sites for hydroxylation is 1. The van der Waals surface area contributed by atoms with Gasteiger partial charge in [0.2, 0.25) is 0 Å². The van der Waals surface area contributed by atoms with Gasteiger partial charge in [-0.3, -0.25) is 4.79 Å². The van der Waals surface area contributed by atoms with Crippen LogP contribution in [0.25, 0.3) is 22.4 Å². The van der Waals surface area contributed by atoms with Crippen molar-refractivity contribution in [1.82, 2.24) is 9.97 Å². The number of aromatic amines is 1. The van der Waals surface area contributed by atoms with Crippen LogP contribution in [0, 0.1) is 6.92 Å². The van der Waals surface area contributed by atoms with Gasteiger partial charge in [-0.15, -0.1) is 11.3 Å². The highest BCUT2D eigenvalue weighted by Gasteiger charge is 2.19. The summed E-state index contributed by atoms with van der Waals surface area (Å²) in [5, 5.41) is 0.439. The van der Waals surface area contributed by atoms with Gasteiger partial charge in [0, 0.05) is 4.47 Å². The summed E-state index contributed by atoms with van der Waals surface area (Å²) in [4.78, 5) is 32.5. The van der Waals surface area contributed by atoms with Crippen molar-refractivity contribution in [3.05, 3.63) is 60.9 Å². The molecule has 0 spiro atoms. The van der Waals surface area contributed by atoms with Gasteiger partial charge in [0.05, 0.1) is 12.0 Å². The van der Waals surface area contributed by atoms with E-state index < -0.39 is 5.97 Å². The van der Waals surface area contributed by atoms with E-state index in [9.17, 15) is 9.59 Å². The van der Waals surface area contributed by atoms with E-state index in [0.717, 1.165) is 10.0 Å². The molecule has 7 heteroatoms. The van der Waals surface area contributed by atoms with Crippen LogP contribution in [0.5, 0.6) is 0 Å². The Kier molecular flexibility index (Phi) is 5.15. The number of ether oxygens (including phenoxy) is 1. The van der Waals surface area contributed by atoms with E-state index in [1.54, 1.807) is 19.9 Å². The number of hydrogen-bond acceptors (Lipinski definition) is 5. The third kappa shape index (κ3) is 3.72. The van der Waals surface area contributed by atoms with Crippen LogP contribution in [0.3, 0.4) is 0 Å². The van der Waals surface area contributed by atoms with E-state index in [1.807, 2.05) is 30.3 Å². The molecule has 0 aliphatic rings. The molecule has 0 fully saturated rings. The Hall–Kier alpha value is -2.25. The fourth-order valence-corrected chi connectivity index (χ4v) is 3.73. The van der Waals surface area contributed by atoms with Crippen LogP contribution < -0.4 is 5.56 Å². The highest BCUT2D eigenvalue weighted by atomic mass is 79.9. The topological polar surface area (TPSA) is 72.0 Å². The summed E-state index contributed by atoms with van der Waals surface area (Å²) in [7, 11) is 0. The number of halogens is 1. The first-order valence-corrected chi connectivity index (χ1v) is 9.24. The lowest BCUT2D eigenvalue weighted by atomic mass is 10.2. The minimum Gasteiger partial charge on any atom is -0.462 e. The first-order chi connectivity index (χ1) is 12.0. The van der Waals surface area contributed by atoms with Gasteiger partial charge < -0.3 is 9.72 Å². The van der Waals surface area contributed by atoms with E-state index in [0.29, 0.717) is 26.5 Å². The van der Waals surface area contributed by atoms with E-state index in [1.165, 1.54) is 11.3 Å². The van der Waals surface area contributed by atoms with Crippen molar-refractivity contribution in [2.75, 3.05) is 6.61 Å². The van der Waals surface area contributed by atoms with Crippen LogP contribution >= 0.6 is 27.3 Å². The van der Waals surface area contributed by atoms with E-state index in [4.69, 9.17) is 4.74 Å². The van der Waals surface area contributed by atoms with Crippen LogP contribution in [0.1, 0.15) is 33.5 Å². The average molecular weight is 419 g/mol. The normalized spacial score (nSPS) is 11.3. The molecule has 3 rings (SSSR count). The number of carbonyl (C=O) groups excluding carboxylic acids is 1.